The van der Waals surface area contributed by atoms with Crippen LogP contribution in [0.25, 0.3) is 6.08 Å². The Morgan fingerprint density at radius 1 is 1.09 bits per heavy atom. The van der Waals surface area contributed by atoms with Gasteiger partial charge >= 0.3 is 5.97 Å². The number of esters is 1. The lowest BCUT2D eigenvalue weighted by molar-refractivity contribution is -0.134. The third kappa shape index (κ3) is 4.99. The molecule has 0 aliphatic carbocycles. The van der Waals surface area contributed by atoms with E-state index in [9.17, 15) is 9.18 Å². The number of nitrogens with zero attached hydrogens (tertiary/aromatic N) is 1. The van der Waals surface area contributed by atoms with Crippen LogP contribution in [0.5, 0.6) is 0 Å². The first kappa shape index (κ1) is 22.7. The van der Waals surface area contributed by atoms with Crippen molar-refractivity contribution in [2.45, 2.75) is 26.0 Å². The number of benzene rings is 3. The van der Waals surface area contributed by atoms with Crippen molar-refractivity contribution >= 4 is 17.7 Å². The van der Waals surface area contributed by atoms with Crippen LogP contribution in [0.1, 0.15) is 39.4 Å². The van der Waals surface area contributed by atoms with E-state index in [2.05, 4.69) is 35.2 Å². The smallest absolute Gasteiger partial charge is 0.330 e. The molecule has 0 aromatic heterocycles. The molecule has 1 unspecified atom stereocenters. The molecule has 0 N–H and O–H groups in total. The minimum atomic E-state index is -0.381. The number of carbonyl (C=O) groups excluding carboxylic acids is 1. The summed E-state index contributed by atoms with van der Waals surface area (Å²) in [7, 11) is 3.07. The molecule has 1 aliphatic rings. The fourth-order valence-corrected chi connectivity index (χ4v) is 4.49. The van der Waals surface area contributed by atoms with Crippen LogP contribution < -0.4 is 4.90 Å². The van der Waals surface area contributed by atoms with Gasteiger partial charge in [0.2, 0.25) is 0 Å². The highest BCUT2D eigenvalue weighted by molar-refractivity contribution is 5.87. The summed E-state index contributed by atoms with van der Waals surface area (Å²) in [5.41, 5.74) is 7.86. The number of rotatable bonds is 6. The van der Waals surface area contributed by atoms with Crippen molar-refractivity contribution in [3.63, 3.8) is 0 Å². The zero-order valence-electron chi connectivity index (χ0n) is 19.2. The number of ether oxygens (including phenoxy) is 2. The molecule has 0 spiro atoms. The number of aryl methyl sites for hydroxylation is 1. The average molecular weight is 446 g/mol. The van der Waals surface area contributed by atoms with Crippen LogP contribution in [0.15, 0.2) is 66.7 Å². The van der Waals surface area contributed by atoms with Crippen molar-refractivity contribution in [1.29, 1.82) is 0 Å². The van der Waals surface area contributed by atoms with E-state index in [4.69, 9.17) is 9.47 Å². The van der Waals surface area contributed by atoms with Crippen LogP contribution in [0.3, 0.4) is 0 Å². The lowest BCUT2D eigenvalue weighted by atomic mass is 9.85. The molecule has 1 aliphatic heterocycles. The number of hydrogen-bond donors (Lipinski definition) is 0. The van der Waals surface area contributed by atoms with Crippen LogP contribution in [0.2, 0.25) is 0 Å². The second-order valence-electron chi connectivity index (χ2n) is 8.26. The SMILES string of the molecule is COCc1ccc2c(c1)CCN(c1ccc(F)cc1)C2c1ccc(C=CC(=O)OC)c(C)c1. The van der Waals surface area contributed by atoms with Crippen molar-refractivity contribution in [2.75, 3.05) is 25.7 Å². The molecule has 3 aromatic carbocycles. The van der Waals surface area contributed by atoms with Crippen LogP contribution in [-0.2, 0) is 27.3 Å². The largest absolute Gasteiger partial charge is 0.466 e. The zero-order valence-corrected chi connectivity index (χ0v) is 19.2. The van der Waals surface area contributed by atoms with Gasteiger partial charge in [-0.05, 0) is 77.1 Å². The Morgan fingerprint density at radius 2 is 1.88 bits per heavy atom. The first-order valence-electron chi connectivity index (χ1n) is 11.0. The van der Waals surface area contributed by atoms with Crippen molar-refractivity contribution in [1.82, 2.24) is 0 Å². The lowest BCUT2D eigenvalue weighted by Gasteiger charge is -2.40. The number of halogens is 1. The normalized spacial score (nSPS) is 15.5. The standard InChI is InChI=1S/C28H28FNO3/c1-19-16-23(6-5-21(19)7-13-27(31)33-3)28-26-12-4-20(18-32-2)17-22(26)14-15-30(28)25-10-8-24(29)9-11-25/h4-13,16-17,28H,14-15,18H2,1-3H3. The molecule has 4 nitrogen and oxygen atoms in total. The highest BCUT2D eigenvalue weighted by atomic mass is 19.1. The molecule has 0 fully saturated rings. The van der Waals surface area contributed by atoms with E-state index >= 15 is 0 Å². The lowest BCUT2D eigenvalue weighted by Crippen LogP contribution is -2.36. The van der Waals surface area contributed by atoms with Crippen molar-refractivity contribution < 1.29 is 18.7 Å². The molecule has 170 valence electrons. The number of hydrogen-bond acceptors (Lipinski definition) is 4. The van der Waals surface area contributed by atoms with Crippen LogP contribution in [0.4, 0.5) is 10.1 Å². The molecule has 0 amide bonds. The molecule has 1 heterocycles. The van der Waals surface area contributed by atoms with Gasteiger partial charge in [0.1, 0.15) is 5.82 Å². The maximum Gasteiger partial charge on any atom is 0.330 e. The van der Waals surface area contributed by atoms with E-state index < -0.39 is 0 Å². The quantitative estimate of drug-likeness (QED) is 0.365. The number of methoxy groups -OCH3 is 2. The van der Waals surface area contributed by atoms with Gasteiger partial charge in [0, 0.05) is 25.4 Å². The van der Waals surface area contributed by atoms with Crippen molar-refractivity contribution in [3.05, 3.63) is 106 Å². The summed E-state index contributed by atoms with van der Waals surface area (Å²) >= 11 is 0. The molecule has 0 saturated heterocycles. The van der Waals surface area contributed by atoms with Crippen molar-refractivity contribution in [3.8, 4) is 0 Å². The first-order chi connectivity index (χ1) is 16.0. The molecule has 0 radical (unpaired) electrons. The molecular weight excluding hydrogens is 417 g/mol. The Balaban J connectivity index is 1.77. The van der Waals surface area contributed by atoms with E-state index in [1.807, 2.05) is 25.1 Å². The van der Waals surface area contributed by atoms with Gasteiger partial charge < -0.3 is 14.4 Å². The van der Waals surface area contributed by atoms with Crippen LogP contribution in [0, 0.1) is 12.7 Å². The molecule has 33 heavy (non-hydrogen) atoms. The summed E-state index contributed by atoms with van der Waals surface area (Å²) in [5, 5.41) is 0. The second-order valence-corrected chi connectivity index (χ2v) is 8.26. The predicted molar refractivity (Wildman–Crippen MR) is 129 cm³/mol. The molecule has 0 bridgehead atoms. The van der Waals surface area contributed by atoms with Crippen molar-refractivity contribution in [2.24, 2.45) is 0 Å². The third-order valence-corrected chi connectivity index (χ3v) is 6.11. The molecule has 3 aromatic rings. The van der Waals surface area contributed by atoms with E-state index in [-0.39, 0.29) is 17.8 Å². The van der Waals surface area contributed by atoms with Gasteiger partial charge in [0.25, 0.3) is 0 Å². The van der Waals surface area contributed by atoms with Gasteiger partial charge in [-0.2, -0.15) is 0 Å². The number of anilines is 1. The number of fused-ring (bicyclic) bond motifs is 1. The highest BCUT2D eigenvalue weighted by Crippen LogP contribution is 2.39. The monoisotopic (exact) mass is 445 g/mol. The summed E-state index contributed by atoms with van der Waals surface area (Å²) in [6.45, 7) is 3.44. The second kappa shape index (κ2) is 10.0. The molecule has 4 rings (SSSR count). The summed E-state index contributed by atoms with van der Waals surface area (Å²) < 4.78 is 23.6. The Morgan fingerprint density at radius 3 is 2.58 bits per heavy atom. The molecule has 5 heteroatoms. The predicted octanol–water partition coefficient (Wildman–Crippen LogP) is 5.62. The Kier molecular flexibility index (Phi) is 6.90. The van der Waals surface area contributed by atoms with E-state index in [1.54, 1.807) is 13.2 Å². The highest BCUT2D eigenvalue weighted by Gasteiger charge is 2.29. The minimum Gasteiger partial charge on any atom is -0.466 e. The fraction of sp³-hybridized carbons (Fsp3) is 0.250. The molecule has 0 saturated carbocycles. The van der Waals surface area contributed by atoms with E-state index in [0.717, 1.165) is 40.9 Å². The Bertz CT molecular complexity index is 1170. The summed E-state index contributed by atoms with van der Waals surface area (Å²) in [6.07, 6.45) is 4.11. The van der Waals surface area contributed by atoms with Crippen LogP contribution in [-0.4, -0.2) is 26.7 Å². The van der Waals surface area contributed by atoms with Gasteiger partial charge in [-0.15, -0.1) is 0 Å². The van der Waals surface area contributed by atoms with Gasteiger partial charge in [-0.25, -0.2) is 9.18 Å². The number of carbonyl (C=O) groups is 1. The average Bonchev–Trinajstić information content (AvgIpc) is 2.83. The van der Waals surface area contributed by atoms with E-state index in [0.29, 0.717) is 6.61 Å². The molecular formula is C28H28FNO3. The first-order valence-corrected chi connectivity index (χ1v) is 11.0. The van der Waals surface area contributed by atoms with Gasteiger partial charge in [-0.3, -0.25) is 0 Å². The maximum atomic E-state index is 13.6. The third-order valence-electron chi connectivity index (χ3n) is 6.11. The fourth-order valence-electron chi connectivity index (χ4n) is 4.49. The van der Waals surface area contributed by atoms with Gasteiger partial charge in [0.15, 0.2) is 0 Å². The summed E-state index contributed by atoms with van der Waals surface area (Å²) in [6, 6.07) is 19.5. The summed E-state index contributed by atoms with van der Waals surface area (Å²) in [4.78, 5) is 13.8. The van der Waals surface area contributed by atoms with Crippen LogP contribution >= 0.6 is 0 Å². The Hall–Kier alpha value is -3.44. The van der Waals surface area contributed by atoms with Gasteiger partial charge in [0.05, 0.1) is 19.8 Å². The van der Waals surface area contributed by atoms with Gasteiger partial charge in [-0.1, -0.05) is 36.4 Å². The topological polar surface area (TPSA) is 38.8 Å². The zero-order chi connectivity index (χ0) is 23.4. The Labute approximate surface area is 194 Å². The van der Waals surface area contributed by atoms with E-state index in [1.165, 1.54) is 36.4 Å². The molecule has 1 atom stereocenters. The summed E-state index contributed by atoms with van der Waals surface area (Å²) in [5.74, 6) is -0.622. The minimum absolute atomic E-state index is 0.00635. The maximum absolute atomic E-state index is 13.6.